The van der Waals surface area contributed by atoms with Gasteiger partial charge in [0.15, 0.2) is 0 Å². The largest absolute Gasteiger partial charge is 0.419 e. The molecule has 0 unspecified atom stereocenters. The molecule has 3 fully saturated rings. The van der Waals surface area contributed by atoms with Crippen molar-refractivity contribution in [3.05, 3.63) is 0 Å². The van der Waals surface area contributed by atoms with Crippen LogP contribution in [0.2, 0.25) is 0 Å². The van der Waals surface area contributed by atoms with E-state index in [0.29, 0.717) is 0 Å². The Kier molecular flexibility index (Phi) is 1.15. The number of nitrogens with one attached hydrogen (secondary N) is 1. The average Bonchev–Trinajstić information content (AvgIpc) is 1.75. The minimum atomic E-state index is -0.415. The molecule has 3 rings (SSSR count). The highest BCUT2D eigenvalue weighted by Crippen LogP contribution is 2.56. The van der Waals surface area contributed by atoms with E-state index in [2.05, 4.69) is 22.4 Å². The summed E-state index contributed by atoms with van der Waals surface area (Å²) in [6.07, 6.45) is 2.99. The van der Waals surface area contributed by atoms with Crippen LogP contribution < -0.4 is 5.32 Å². The maximum Gasteiger partial charge on any atom is 0.419 e. The monoisotopic (exact) mass is 159 g/mol. The molecule has 56 valence electrons. The van der Waals surface area contributed by atoms with E-state index in [1.807, 2.05) is 0 Å². The Labute approximate surface area is 64.7 Å². The van der Waals surface area contributed by atoms with Gasteiger partial charge in [0, 0.05) is 18.4 Å². The van der Waals surface area contributed by atoms with E-state index in [4.69, 9.17) is 0 Å². The number of hydrogen-bond donors (Lipinski definition) is 2. The molecule has 1 N–H and O–H groups in total. The van der Waals surface area contributed by atoms with Crippen molar-refractivity contribution in [2.75, 3.05) is 0 Å². The molecule has 0 heterocycles. The smallest absolute Gasteiger partial charge is 0.378 e. The number of carbonyl (C=O) groups excluding carboxylic acids is 1. The van der Waals surface area contributed by atoms with Crippen molar-refractivity contribution in [3.8, 4) is 0 Å². The zero-order valence-electron chi connectivity index (χ0n) is 5.46. The molecule has 10 heavy (non-hydrogen) atoms. The minimum Gasteiger partial charge on any atom is -0.378 e. The fourth-order valence-electron chi connectivity index (χ4n) is 1.87. The van der Waals surface area contributed by atoms with Crippen LogP contribution >= 0.6 is 12.9 Å². The van der Waals surface area contributed by atoms with Gasteiger partial charge in [0.05, 0.1) is 0 Å². The summed E-state index contributed by atoms with van der Waals surface area (Å²) in [6, 6.07) is 0. The van der Waals surface area contributed by atoms with Gasteiger partial charge in [-0.05, 0) is 25.2 Å². The SMILES string of the molecule is O=C(NC12CC(C1)C2)OS. The molecule has 1 amide bonds. The van der Waals surface area contributed by atoms with Gasteiger partial charge in [-0.15, -0.1) is 0 Å². The Morgan fingerprint density at radius 1 is 1.60 bits per heavy atom. The van der Waals surface area contributed by atoms with Gasteiger partial charge in [0.2, 0.25) is 0 Å². The molecule has 0 radical (unpaired) electrons. The highest BCUT2D eigenvalue weighted by Gasteiger charge is 2.57. The Bertz CT molecular complexity index is 166. The van der Waals surface area contributed by atoms with Crippen molar-refractivity contribution in [1.82, 2.24) is 5.32 Å². The molecular formula is C6H9NO2S. The highest BCUT2D eigenvalue weighted by atomic mass is 32.1. The molecule has 3 saturated carbocycles. The van der Waals surface area contributed by atoms with Gasteiger partial charge in [0.25, 0.3) is 0 Å². The first kappa shape index (κ1) is 6.34. The number of amides is 1. The van der Waals surface area contributed by atoms with Crippen molar-refractivity contribution in [1.29, 1.82) is 0 Å². The second-order valence-electron chi connectivity index (χ2n) is 3.26. The summed E-state index contributed by atoms with van der Waals surface area (Å²) < 4.78 is 4.19. The molecule has 0 aromatic carbocycles. The molecule has 3 aliphatic carbocycles. The fourth-order valence-corrected chi connectivity index (χ4v) is 1.92. The molecule has 3 aliphatic rings. The summed E-state index contributed by atoms with van der Waals surface area (Å²) in [4.78, 5) is 10.6. The van der Waals surface area contributed by atoms with Crippen molar-refractivity contribution < 1.29 is 8.98 Å². The van der Waals surface area contributed by atoms with Crippen LogP contribution in [0.25, 0.3) is 0 Å². The van der Waals surface area contributed by atoms with E-state index in [9.17, 15) is 4.79 Å². The van der Waals surface area contributed by atoms with Gasteiger partial charge in [-0.1, -0.05) is 0 Å². The second kappa shape index (κ2) is 1.81. The molecule has 0 atom stereocenters. The topological polar surface area (TPSA) is 38.3 Å². The lowest BCUT2D eigenvalue weighted by atomic mass is 9.50. The van der Waals surface area contributed by atoms with Gasteiger partial charge < -0.3 is 9.50 Å². The molecule has 0 aliphatic heterocycles. The minimum absolute atomic E-state index is 0.116. The first-order chi connectivity index (χ1) is 4.74. The normalized spacial score (nSPS) is 41.1. The number of hydrogen-bond acceptors (Lipinski definition) is 3. The van der Waals surface area contributed by atoms with Crippen LogP contribution in [0.5, 0.6) is 0 Å². The lowest BCUT2D eigenvalue weighted by molar-refractivity contribution is -0.0434. The summed E-state index contributed by atoms with van der Waals surface area (Å²) in [5.74, 6) is 0.875. The molecule has 0 aromatic rings. The Morgan fingerprint density at radius 2 is 2.20 bits per heavy atom. The van der Waals surface area contributed by atoms with Crippen LogP contribution in [-0.4, -0.2) is 11.6 Å². The Hall–Kier alpha value is -0.380. The van der Waals surface area contributed by atoms with E-state index >= 15 is 0 Å². The first-order valence-electron chi connectivity index (χ1n) is 3.38. The molecule has 2 bridgehead atoms. The van der Waals surface area contributed by atoms with E-state index in [-0.39, 0.29) is 5.54 Å². The second-order valence-corrected chi connectivity index (χ2v) is 3.45. The fraction of sp³-hybridized carbons (Fsp3) is 0.833. The summed E-state index contributed by atoms with van der Waals surface area (Å²) in [6.45, 7) is 0. The Morgan fingerprint density at radius 3 is 2.50 bits per heavy atom. The highest BCUT2D eigenvalue weighted by molar-refractivity contribution is 7.75. The standard InChI is InChI=1S/C6H9NO2S/c8-5(9-10)7-6-1-4(2-6)3-6/h4,10H,1-3H2,(H,7,8). The van der Waals surface area contributed by atoms with Gasteiger partial charge in [-0.2, -0.15) is 0 Å². The number of thiol groups is 1. The third-order valence-electron chi connectivity index (χ3n) is 2.49. The van der Waals surface area contributed by atoms with Crippen LogP contribution in [0, 0.1) is 5.92 Å². The number of carbonyl (C=O) groups is 1. The molecule has 4 heteroatoms. The van der Waals surface area contributed by atoms with Gasteiger partial charge in [0.1, 0.15) is 0 Å². The van der Waals surface area contributed by atoms with Crippen molar-refractivity contribution in [2.45, 2.75) is 24.8 Å². The third-order valence-corrected chi connectivity index (χ3v) is 2.65. The first-order valence-corrected chi connectivity index (χ1v) is 3.74. The van der Waals surface area contributed by atoms with E-state index < -0.39 is 6.09 Å². The predicted molar refractivity (Wildman–Crippen MR) is 38.7 cm³/mol. The van der Waals surface area contributed by atoms with Gasteiger partial charge >= 0.3 is 6.09 Å². The lowest BCUT2D eigenvalue weighted by Gasteiger charge is -2.61. The summed E-state index contributed by atoms with van der Waals surface area (Å²) in [5.41, 5.74) is 0.116. The summed E-state index contributed by atoms with van der Waals surface area (Å²) >= 11 is 3.40. The van der Waals surface area contributed by atoms with Crippen LogP contribution in [0.4, 0.5) is 4.79 Å². The van der Waals surface area contributed by atoms with Gasteiger partial charge in [-0.25, -0.2) is 4.79 Å². The zero-order chi connectivity index (χ0) is 7.19. The van der Waals surface area contributed by atoms with E-state index in [1.165, 1.54) is 0 Å². The van der Waals surface area contributed by atoms with Crippen molar-refractivity contribution in [3.63, 3.8) is 0 Å². The third kappa shape index (κ3) is 0.714. The van der Waals surface area contributed by atoms with Gasteiger partial charge in [-0.3, -0.25) is 0 Å². The lowest BCUT2D eigenvalue weighted by Crippen LogP contribution is -2.68. The molecule has 3 nitrogen and oxygen atoms in total. The molecular weight excluding hydrogens is 150 g/mol. The van der Waals surface area contributed by atoms with E-state index in [0.717, 1.165) is 25.2 Å². The van der Waals surface area contributed by atoms with Crippen LogP contribution in [0.3, 0.4) is 0 Å². The van der Waals surface area contributed by atoms with Crippen molar-refractivity contribution >= 4 is 19.0 Å². The number of rotatable bonds is 1. The average molecular weight is 159 g/mol. The van der Waals surface area contributed by atoms with Crippen LogP contribution in [-0.2, 0) is 4.18 Å². The molecule has 0 saturated heterocycles. The quantitative estimate of drug-likeness (QED) is 0.444. The van der Waals surface area contributed by atoms with Crippen LogP contribution in [0.1, 0.15) is 19.3 Å². The predicted octanol–water partition coefficient (Wildman–Crippen LogP) is 1.11. The molecule has 0 aromatic heterocycles. The van der Waals surface area contributed by atoms with E-state index in [1.54, 1.807) is 0 Å². The molecule has 0 spiro atoms. The summed E-state index contributed by atoms with van der Waals surface area (Å²) in [7, 11) is 0. The Balaban J connectivity index is 1.84. The van der Waals surface area contributed by atoms with Crippen LogP contribution in [0.15, 0.2) is 0 Å². The van der Waals surface area contributed by atoms with Crippen molar-refractivity contribution in [2.24, 2.45) is 5.92 Å². The summed E-state index contributed by atoms with van der Waals surface area (Å²) in [5, 5.41) is 2.77. The maximum atomic E-state index is 10.6. The maximum absolute atomic E-state index is 10.6. The zero-order valence-corrected chi connectivity index (χ0v) is 6.36.